The molecular formula is C15H26N2O. The van der Waals surface area contributed by atoms with Crippen molar-refractivity contribution in [3.05, 3.63) is 29.8 Å². The molecule has 1 aromatic carbocycles. The van der Waals surface area contributed by atoms with Crippen molar-refractivity contribution in [3.8, 4) is 5.75 Å². The Morgan fingerprint density at radius 1 is 1.28 bits per heavy atom. The lowest BCUT2D eigenvalue weighted by Gasteiger charge is -2.27. The number of nitrogens with two attached hydrogens (primary N) is 1. The van der Waals surface area contributed by atoms with Crippen molar-refractivity contribution < 1.29 is 4.74 Å². The first-order valence-electron chi connectivity index (χ1n) is 6.86. The molecule has 0 saturated heterocycles. The van der Waals surface area contributed by atoms with Crippen LogP contribution in [0.2, 0.25) is 0 Å². The van der Waals surface area contributed by atoms with Gasteiger partial charge in [-0.15, -0.1) is 0 Å². The van der Waals surface area contributed by atoms with Gasteiger partial charge in [-0.1, -0.05) is 26.0 Å². The molecule has 1 aromatic rings. The molecule has 1 rings (SSSR count). The molecule has 0 bridgehead atoms. The molecule has 1 atom stereocenters. The molecule has 18 heavy (non-hydrogen) atoms. The molecule has 0 radical (unpaired) electrons. The number of rotatable bonds is 8. The summed E-state index contributed by atoms with van der Waals surface area (Å²) in [7, 11) is 2.13. The van der Waals surface area contributed by atoms with Gasteiger partial charge in [0.25, 0.3) is 0 Å². The Bertz CT molecular complexity index is 341. The highest BCUT2D eigenvalue weighted by Gasteiger charge is 2.15. The Labute approximate surface area is 111 Å². The fourth-order valence-corrected chi connectivity index (χ4v) is 2.11. The van der Waals surface area contributed by atoms with Gasteiger partial charge in [0.1, 0.15) is 5.75 Å². The van der Waals surface area contributed by atoms with Crippen LogP contribution in [-0.4, -0.2) is 31.6 Å². The van der Waals surface area contributed by atoms with E-state index in [2.05, 4.69) is 37.9 Å². The Morgan fingerprint density at radius 2 is 2.06 bits per heavy atom. The standard InChI is InChI=1S/C15H26N2O/c1-4-9-17(3)15(12-16)13-7-6-8-14(11-13)18-10-5-2/h6-8,11,15H,4-5,9-10,12,16H2,1-3H3. The van der Waals surface area contributed by atoms with Gasteiger partial charge in [0.05, 0.1) is 6.61 Å². The molecule has 0 aliphatic rings. The SMILES string of the molecule is CCCOc1cccc(C(CN)N(C)CCC)c1. The highest BCUT2D eigenvalue weighted by molar-refractivity contribution is 5.30. The molecule has 0 fully saturated rings. The summed E-state index contributed by atoms with van der Waals surface area (Å²) in [6.45, 7) is 6.75. The van der Waals surface area contributed by atoms with Crippen LogP contribution >= 0.6 is 0 Å². The molecular weight excluding hydrogens is 224 g/mol. The van der Waals surface area contributed by atoms with E-state index < -0.39 is 0 Å². The first-order chi connectivity index (χ1) is 8.72. The van der Waals surface area contributed by atoms with E-state index in [0.29, 0.717) is 6.54 Å². The fraction of sp³-hybridized carbons (Fsp3) is 0.600. The van der Waals surface area contributed by atoms with E-state index in [0.717, 1.165) is 31.7 Å². The van der Waals surface area contributed by atoms with Crippen LogP contribution in [-0.2, 0) is 0 Å². The zero-order chi connectivity index (χ0) is 13.4. The molecule has 3 nitrogen and oxygen atoms in total. The van der Waals surface area contributed by atoms with Gasteiger partial charge in [-0.3, -0.25) is 4.90 Å². The molecule has 1 unspecified atom stereocenters. The predicted octanol–water partition coefficient (Wildman–Crippen LogP) is 2.82. The highest BCUT2D eigenvalue weighted by Crippen LogP contribution is 2.23. The van der Waals surface area contributed by atoms with E-state index >= 15 is 0 Å². The molecule has 0 amide bonds. The van der Waals surface area contributed by atoms with Crippen molar-refractivity contribution in [1.82, 2.24) is 4.90 Å². The Balaban J connectivity index is 2.78. The van der Waals surface area contributed by atoms with Crippen molar-refractivity contribution in [3.63, 3.8) is 0 Å². The zero-order valence-electron chi connectivity index (χ0n) is 11.9. The van der Waals surface area contributed by atoms with Crippen LogP contribution < -0.4 is 10.5 Å². The minimum Gasteiger partial charge on any atom is -0.494 e. The Morgan fingerprint density at radius 3 is 2.67 bits per heavy atom. The molecule has 3 heteroatoms. The average molecular weight is 250 g/mol. The lowest BCUT2D eigenvalue weighted by atomic mass is 10.1. The number of ether oxygens (including phenoxy) is 1. The van der Waals surface area contributed by atoms with Crippen molar-refractivity contribution in [2.24, 2.45) is 5.73 Å². The van der Waals surface area contributed by atoms with Crippen LogP contribution in [0.25, 0.3) is 0 Å². The summed E-state index contributed by atoms with van der Waals surface area (Å²) in [4.78, 5) is 2.30. The third-order valence-electron chi connectivity index (χ3n) is 3.05. The third-order valence-corrected chi connectivity index (χ3v) is 3.05. The summed E-state index contributed by atoms with van der Waals surface area (Å²) >= 11 is 0. The summed E-state index contributed by atoms with van der Waals surface area (Å²) in [6, 6.07) is 8.56. The highest BCUT2D eigenvalue weighted by atomic mass is 16.5. The van der Waals surface area contributed by atoms with Gasteiger partial charge in [-0.25, -0.2) is 0 Å². The minimum absolute atomic E-state index is 0.273. The van der Waals surface area contributed by atoms with Crippen molar-refractivity contribution in [2.45, 2.75) is 32.7 Å². The zero-order valence-corrected chi connectivity index (χ0v) is 11.9. The van der Waals surface area contributed by atoms with Crippen molar-refractivity contribution >= 4 is 0 Å². The van der Waals surface area contributed by atoms with Gasteiger partial charge in [0, 0.05) is 12.6 Å². The predicted molar refractivity (Wildman–Crippen MR) is 76.9 cm³/mol. The fourth-order valence-electron chi connectivity index (χ4n) is 2.11. The summed E-state index contributed by atoms with van der Waals surface area (Å²) in [6.07, 6.45) is 2.17. The van der Waals surface area contributed by atoms with Crippen LogP contribution in [0.15, 0.2) is 24.3 Å². The van der Waals surface area contributed by atoms with Gasteiger partial charge < -0.3 is 10.5 Å². The maximum absolute atomic E-state index is 5.90. The molecule has 0 aromatic heterocycles. The Kier molecular flexibility index (Phi) is 6.76. The maximum Gasteiger partial charge on any atom is 0.119 e. The van der Waals surface area contributed by atoms with E-state index in [1.165, 1.54) is 5.56 Å². The summed E-state index contributed by atoms with van der Waals surface area (Å²) < 4.78 is 5.67. The van der Waals surface area contributed by atoms with Crippen molar-refractivity contribution in [1.29, 1.82) is 0 Å². The van der Waals surface area contributed by atoms with Gasteiger partial charge in [-0.05, 0) is 44.1 Å². The second-order valence-electron chi connectivity index (χ2n) is 4.65. The van der Waals surface area contributed by atoms with Gasteiger partial charge in [0.15, 0.2) is 0 Å². The minimum atomic E-state index is 0.273. The molecule has 0 aliphatic carbocycles. The number of hydrogen-bond donors (Lipinski definition) is 1. The van der Waals surface area contributed by atoms with E-state index in [4.69, 9.17) is 10.5 Å². The van der Waals surface area contributed by atoms with Gasteiger partial charge >= 0.3 is 0 Å². The molecule has 0 spiro atoms. The molecule has 0 aliphatic heterocycles. The van der Waals surface area contributed by atoms with Crippen LogP contribution in [0.1, 0.15) is 38.3 Å². The van der Waals surface area contributed by atoms with E-state index in [-0.39, 0.29) is 6.04 Å². The summed E-state index contributed by atoms with van der Waals surface area (Å²) in [5.74, 6) is 0.942. The maximum atomic E-state index is 5.90. The smallest absolute Gasteiger partial charge is 0.119 e. The lowest BCUT2D eigenvalue weighted by molar-refractivity contribution is 0.249. The number of likely N-dealkylation sites (N-methyl/N-ethyl adjacent to an activating group) is 1. The number of nitrogens with zero attached hydrogens (tertiary/aromatic N) is 1. The van der Waals surface area contributed by atoms with E-state index in [1.54, 1.807) is 0 Å². The second-order valence-corrected chi connectivity index (χ2v) is 4.65. The largest absolute Gasteiger partial charge is 0.494 e. The molecule has 0 saturated carbocycles. The van der Waals surface area contributed by atoms with Crippen LogP contribution in [0, 0.1) is 0 Å². The molecule has 2 N–H and O–H groups in total. The van der Waals surface area contributed by atoms with Gasteiger partial charge in [-0.2, -0.15) is 0 Å². The first-order valence-corrected chi connectivity index (χ1v) is 6.86. The topological polar surface area (TPSA) is 38.5 Å². The normalized spacial score (nSPS) is 12.7. The lowest BCUT2D eigenvalue weighted by Crippen LogP contribution is -2.31. The summed E-state index contributed by atoms with van der Waals surface area (Å²) in [5, 5.41) is 0. The first kappa shape index (κ1) is 15.0. The second kappa shape index (κ2) is 8.11. The van der Waals surface area contributed by atoms with E-state index in [9.17, 15) is 0 Å². The van der Waals surface area contributed by atoms with Crippen LogP contribution in [0.4, 0.5) is 0 Å². The van der Waals surface area contributed by atoms with Gasteiger partial charge in [0.2, 0.25) is 0 Å². The average Bonchev–Trinajstić information content (AvgIpc) is 2.38. The number of hydrogen-bond acceptors (Lipinski definition) is 3. The Hall–Kier alpha value is -1.06. The van der Waals surface area contributed by atoms with Crippen molar-refractivity contribution in [2.75, 3.05) is 26.7 Å². The molecule has 0 heterocycles. The monoisotopic (exact) mass is 250 g/mol. The number of benzene rings is 1. The summed E-state index contributed by atoms with van der Waals surface area (Å²) in [5.41, 5.74) is 7.14. The van der Waals surface area contributed by atoms with E-state index in [1.807, 2.05) is 12.1 Å². The third kappa shape index (κ3) is 4.31. The van der Waals surface area contributed by atoms with Crippen LogP contribution in [0.3, 0.4) is 0 Å². The molecule has 102 valence electrons. The quantitative estimate of drug-likeness (QED) is 0.771. The van der Waals surface area contributed by atoms with Crippen LogP contribution in [0.5, 0.6) is 5.75 Å².